The fourth-order valence-corrected chi connectivity index (χ4v) is 2.45. The molecule has 148 valence electrons. The minimum absolute atomic E-state index is 0.205. The van der Waals surface area contributed by atoms with Crippen LogP contribution in [0.4, 0.5) is 14.6 Å². The van der Waals surface area contributed by atoms with E-state index in [-0.39, 0.29) is 11.3 Å². The van der Waals surface area contributed by atoms with Crippen molar-refractivity contribution in [1.82, 2.24) is 19.3 Å². The van der Waals surface area contributed by atoms with Gasteiger partial charge in [0, 0.05) is 24.4 Å². The Labute approximate surface area is 159 Å². The Balaban J connectivity index is 2.40. The highest BCUT2D eigenvalue weighted by molar-refractivity contribution is 5.69. The molecule has 0 bridgehead atoms. The lowest BCUT2D eigenvalue weighted by atomic mass is 10.1. The number of carboxylic acid groups (broad SMARTS) is 1. The van der Waals surface area contributed by atoms with Crippen molar-refractivity contribution in [1.29, 1.82) is 0 Å². The normalized spacial score (nSPS) is 11.9. The molecule has 2 rings (SSSR count). The molecule has 0 aliphatic carbocycles. The second kappa shape index (κ2) is 8.42. The van der Waals surface area contributed by atoms with E-state index in [0.29, 0.717) is 5.56 Å². The van der Waals surface area contributed by atoms with Crippen LogP contribution >= 0.6 is 0 Å². The number of carboxylic acids is 1. The van der Waals surface area contributed by atoms with E-state index >= 15 is 0 Å². The van der Waals surface area contributed by atoms with Gasteiger partial charge in [0.25, 0.3) is 11.5 Å². The third kappa shape index (κ3) is 4.58. The Morgan fingerprint density at radius 3 is 2.64 bits per heavy atom. The third-order valence-corrected chi connectivity index (χ3v) is 3.77. The number of carbonyl (C=O) groups is 1. The molecule has 0 spiro atoms. The predicted molar refractivity (Wildman–Crippen MR) is 100 cm³/mol. The number of aliphatic carboxylic acids is 1. The van der Waals surface area contributed by atoms with E-state index in [1.165, 1.54) is 23.2 Å². The van der Waals surface area contributed by atoms with Crippen molar-refractivity contribution in [2.45, 2.75) is 12.5 Å². The van der Waals surface area contributed by atoms with E-state index in [1.807, 2.05) is 0 Å². The van der Waals surface area contributed by atoms with Crippen LogP contribution in [0.25, 0.3) is 11.3 Å². The second-order valence-electron chi connectivity index (χ2n) is 5.80. The summed E-state index contributed by atoms with van der Waals surface area (Å²) in [6.07, 6.45) is 7.54. The van der Waals surface area contributed by atoms with E-state index in [0.717, 1.165) is 16.7 Å². The van der Waals surface area contributed by atoms with E-state index in [1.54, 1.807) is 13.2 Å². The summed E-state index contributed by atoms with van der Waals surface area (Å²) in [6, 6.07) is 0. The summed E-state index contributed by atoms with van der Waals surface area (Å²) < 4.78 is 30.9. The van der Waals surface area contributed by atoms with Gasteiger partial charge in [-0.05, 0) is 0 Å². The number of halogens is 2. The smallest absolute Gasteiger partial charge is 0.323 e. The average Bonchev–Trinajstić information content (AvgIpc) is 3.06. The summed E-state index contributed by atoms with van der Waals surface area (Å²) in [7, 11) is 1.66. The van der Waals surface area contributed by atoms with Crippen LogP contribution in [0.2, 0.25) is 0 Å². The Bertz CT molecular complexity index is 991. The van der Waals surface area contributed by atoms with Gasteiger partial charge in [-0.15, -0.1) is 0 Å². The SMILES string of the molecule is C=C/C=C(\C=C)C(F)(F)CNc1ncc(-c2cnn(C)c2)n(CC(=O)O)c1=O. The first-order chi connectivity index (χ1) is 13.2. The van der Waals surface area contributed by atoms with Crippen LogP contribution in [0, 0.1) is 0 Å². The molecular formula is C18H19F2N5O3. The van der Waals surface area contributed by atoms with Crippen molar-refractivity contribution in [2.75, 3.05) is 11.9 Å². The minimum Gasteiger partial charge on any atom is -0.480 e. The molecule has 0 aromatic carbocycles. The van der Waals surface area contributed by atoms with Crippen molar-refractivity contribution < 1.29 is 18.7 Å². The van der Waals surface area contributed by atoms with E-state index in [2.05, 4.69) is 28.6 Å². The van der Waals surface area contributed by atoms with E-state index < -0.39 is 36.4 Å². The van der Waals surface area contributed by atoms with Crippen molar-refractivity contribution in [2.24, 2.45) is 7.05 Å². The lowest BCUT2D eigenvalue weighted by Gasteiger charge is -2.19. The summed E-state index contributed by atoms with van der Waals surface area (Å²) in [5.74, 6) is -5.00. The van der Waals surface area contributed by atoms with E-state index in [9.17, 15) is 18.4 Å². The standard InChI is InChI=1S/C18H19F2N5O3/c1-4-6-13(5-2)18(19,20)11-22-16-17(28)25(10-15(26)27)14(8-21-16)12-7-23-24(3)9-12/h4-9H,1-2,10-11H2,3H3,(H,21,22)(H,26,27)/b13-6+. The van der Waals surface area contributed by atoms with Crippen LogP contribution in [0.5, 0.6) is 0 Å². The van der Waals surface area contributed by atoms with Crippen LogP contribution < -0.4 is 10.9 Å². The van der Waals surface area contributed by atoms with Gasteiger partial charge in [-0.25, -0.2) is 4.98 Å². The fourth-order valence-electron chi connectivity index (χ4n) is 2.45. The van der Waals surface area contributed by atoms with Gasteiger partial charge in [0.15, 0.2) is 5.82 Å². The zero-order chi connectivity index (χ0) is 20.9. The zero-order valence-corrected chi connectivity index (χ0v) is 15.1. The Kier molecular flexibility index (Phi) is 6.24. The first kappa shape index (κ1) is 20.7. The van der Waals surface area contributed by atoms with Gasteiger partial charge in [0.2, 0.25) is 0 Å². The molecule has 8 nitrogen and oxygen atoms in total. The summed E-state index contributed by atoms with van der Waals surface area (Å²) >= 11 is 0. The molecule has 10 heteroatoms. The molecule has 0 saturated heterocycles. The van der Waals surface area contributed by atoms with Crippen molar-refractivity contribution in [3.63, 3.8) is 0 Å². The van der Waals surface area contributed by atoms with Gasteiger partial charge >= 0.3 is 5.97 Å². The minimum atomic E-state index is -3.34. The van der Waals surface area contributed by atoms with Crippen LogP contribution in [0.3, 0.4) is 0 Å². The molecule has 0 radical (unpaired) electrons. The number of allylic oxidation sites excluding steroid dienone is 3. The van der Waals surface area contributed by atoms with Gasteiger partial charge in [0.05, 0.1) is 24.6 Å². The Morgan fingerprint density at radius 2 is 2.11 bits per heavy atom. The number of aryl methyl sites for hydroxylation is 1. The molecule has 0 aliphatic rings. The van der Waals surface area contributed by atoms with Crippen LogP contribution in [0.1, 0.15) is 0 Å². The number of nitrogens with zero attached hydrogens (tertiary/aromatic N) is 4. The van der Waals surface area contributed by atoms with Gasteiger partial charge in [-0.3, -0.25) is 18.8 Å². The molecule has 0 aliphatic heterocycles. The first-order valence-corrected chi connectivity index (χ1v) is 8.07. The molecule has 0 fully saturated rings. The number of hydrogen-bond acceptors (Lipinski definition) is 5. The van der Waals surface area contributed by atoms with E-state index in [4.69, 9.17) is 5.11 Å². The van der Waals surface area contributed by atoms with Gasteiger partial charge in [-0.1, -0.05) is 31.4 Å². The number of aromatic nitrogens is 4. The number of anilines is 1. The maximum atomic E-state index is 14.3. The molecule has 2 N–H and O–H groups in total. The first-order valence-electron chi connectivity index (χ1n) is 8.07. The monoisotopic (exact) mass is 391 g/mol. The highest BCUT2D eigenvalue weighted by Gasteiger charge is 2.32. The van der Waals surface area contributed by atoms with Crippen molar-refractivity contribution in [3.8, 4) is 11.3 Å². The lowest BCUT2D eigenvalue weighted by molar-refractivity contribution is -0.137. The quantitative estimate of drug-likeness (QED) is 0.635. The average molecular weight is 391 g/mol. The summed E-state index contributed by atoms with van der Waals surface area (Å²) in [6.45, 7) is 5.11. The summed E-state index contributed by atoms with van der Waals surface area (Å²) in [5.41, 5.74) is -0.551. The number of alkyl halides is 2. The fraction of sp³-hybridized carbons (Fsp3) is 0.222. The maximum absolute atomic E-state index is 14.3. The molecule has 28 heavy (non-hydrogen) atoms. The molecule has 0 amide bonds. The van der Waals surface area contributed by atoms with Gasteiger partial charge < -0.3 is 10.4 Å². The second-order valence-corrected chi connectivity index (χ2v) is 5.80. The Morgan fingerprint density at radius 1 is 1.39 bits per heavy atom. The molecule has 2 aromatic rings. The molecule has 2 heterocycles. The highest BCUT2D eigenvalue weighted by atomic mass is 19.3. The third-order valence-electron chi connectivity index (χ3n) is 3.77. The molecule has 0 atom stereocenters. The summed E-state index contributed by atoms with van der Waals surface area (Å²) in [5, 5.41) is 15.4. The molecule has 2 aromatic heterocycles. The van der Waals surface area contributed by atoms with Crippen molar-refractivity contribution >= 4 is 11.8 Å². The Hall–Kier alpha value is -3.56. The van der Waals surface area contributed by atoms with Crippen LogP contribution in [-0.2, 0) is 18.4 Å². The molecular weight excluding hydrogens is 372 g/mol. The van der Waals surface area contributed by atoms with Crippen LogP contribution in [0.15, 0.2) is 60.3 Å². The van der Waals surface area contributed by atoms with Gasteiger partial charge in [0.1, 0.15) is 6.54 Å². The number of nitrogens with one attached hydrogen (secondary N) is 1. The lowest BCUT2D eigenvalue weighted by Crippen LogP contribution is -2.34. The number of rotatable bonds is 9. The highest BCUT2D eigenvalue weighted by Crippen LogP contribution is 2.25. The maximum Gasteiger partial charge on any atom is 0.323 e. The summed E-state index contributed by atoms with van der Waals surface area (Å²) in [4.78, 5) is 27.7. The zero-order valence-electron chi connectivity index (χ0n) is 15.1. The predicted octanol–water partition coefficient (Wildman–Crippen LogP) is 2.07. The number of hydrogen-bond donors (Lipinski definition) is 2. The largest absolute Gasteiger partial charge is 0.480 e. The van der Waals surface area contributed by atoms with Crippen LogP contribution in [-0.4, -0.2) is 42.9 Å². The van der Waals surface area contributed by atoms with Crippen molar-refractivity contribution in [3.05, 3.63) is 65.9 Å². The topological polar surface area (TPSA) is 102 Å². The molecule has 0 unspecified atom stereocenters. The molecule has 0 saturated carbocycles. The van der Waals surface area contributed by atoms with Gasteiger partial charge in [-0.2, -0.15) is 13.9 Å².